The van der Waals surface area contributed by atoms with Crippen LogP contribution in [0.3, 0.4) is 0 Å². The van der Waals surface area contributed by atoms with E-state index >= 15 is 0 Å². The van der Waals surface area contributed by atoms with E-state index in [1.807, 2.05) is 6.92 Å². The second kappa shape index (κ2) is 5.81. The van der Waals surface area contributed by atoms with Gasteiger partial charge in [-0.05, 0) is 18.3 Å². The number of aliphatic carboxylic acids is 1. The Bertz CT molecular complexity index is 161. The van der Waals surface area contributed by atoms with Gasteiger partial charge in [0.1, 0.15) is 0 Å². The second-order valence-corrected chi connectivity index (χ2v) is 3.27. The number of rotatable bonds is 5. The Morgan fingerprint density at radius 1 is 1.50 bits per heavy atom. The smallest absolute Gasteiger partial charge is 0.303 e. The molecule has 2 heteroatoms. The number of hydrogen-bond acceptors (Lipinski definition) is 1. The SMILES string of the molecule is CCC=CC(C)C(C)CC(=O)O. The van der Waals surface area contributed by atoms with Crippen molar-refractivity contribution >= 4 is 5.97 Å². The molecule has 0 heterocycles. The minimum atomic E-state index is -0.709. The maximum absolute atomic E-state index is 10.4. The van der Waals surface area contributed by atoms with E-state index in [-0.39, 0.29) is 12.3 Å². The minimum Gasteiger partial charge on any atom is -0.481 e. The van der Waals surface area contributed by atoms with Crippen molar-refractivity contribution in [2.75, 3.05) is 0 Å². The first-order valence-corrected chi connectivity index (χ1v) is 4.46. The van der Waals surface area contributed by atoms with E-state index in [4.69, 9.17) is 5.11 Å². The van der Waals surface area contributed by atoms with Crippen molar-refractivity contribution in [3.63, 3.8) is 0 Å². The third kappa shape index (κ3) is 4.94. The molecule has 2 unspecified atom stereocenters. The number of carboxylic acid groups (broad SMARTS) is 1. The molecule has 0 amide bonds. The zero-order chi connectivity index (χ0) is 9.56. The monoisotopic (exact) mass is 170 g/mol. The highest BCUT2D eigenvalue weighted by atomic mass is 16.4. The van der Waals surface area contributed by atoms with E-state index in [2.05, 4.69) is 26.0 Å². The van der Waals surface area contributed by atoms with E-state index in [0.29, 0.717) is 5.92 Å². The Morgan fingerprint density at radius 3 is 2.50 bits per heavy atom. The summed E-state index contributed by atoms with van der Waals surface area (Å²) in [5, 5.41) is 8.53. The number of hydrogen-bond donors (Lipinski definition) is 1. The highest BCUT2D eigenvalue weighted by Crippen LogP contribution is 2.16. The molecule has 0 saturated heterocycles. The molecule has 0 aromatic carbocycles. The third-order valence-electron chi connectivity index (χ3n) is 2.07. The summed E-state index contributed by atoms with van der Waals surface area (Å²) in [6.07, 6.45) is 5.45. The Kier molecular flexibility index (Phi) is 5.43. The van der Waals surface area contributed by atoms with Crippen molar-refractivity contribution in [3.05, 3.63) is 12.2 Å². The summed E-state index contributed by atoms with van der Waals surface area (Å²) in [5.41, 5.74) is 0. The third-order valence-corrected chi connectivity index (χ3v) is 2.07. The van der Waals surface area contributed by atoms with Crippen LogP contribution in [0.1, 0.15) is 33.6 Å². The predicted octanol–water partition coefficient (Wildman–Crippen LogP) is 2.70. The van der Waals surface area contributed by atoms with Crippen LogP contribution in [-0.2, 0) is 4.79 Å². The molecule has 2 nitrogen and oxygen atoms in total. The van der Waals surface area contributed by atoms with Crippen LogP contribution in [0.25, 0.3) is 0 Å². The van der Waals surface area contributed by atoms with Crippen molar-refractivity contribution in [2.45, 2.75) is 33.6 Å². The van der Waals surface area contributed by atoms with Crippen molar-refractivity contribution in [2.24, 2.45) is 11.8 Å². The Hall–Kier alpha value is -0.790. The fourth-order valence-electron chi connectivity index (χ4n) is 1.00. The Morgan fingerprint density at radius 2 is 2.08 bits per heavy atom. The van der Waals surface area contributed by atoms with E-state index in [0.717, 1.165) is 6.42 Å². The number of allylic oxidation sites excluding steroid dienone is 2. The average molecular weight is 170 g/mol. The molecule has 0 saturated carbocycles. The van der Waals surface area contributed by atoms with Gasteiger partial charge in [0.15, 0.2) is 0 Å². The fraction of sp³-hybridized carbons (Fsp3) is 0.700. The van der Waals surface area contributed by atoms with Crippen LogP contribution in [0.4, 0.5) is 0 Å². The first-order valence-electron chi connectivity index (χ1n) is 4.46. The zero-order valence-electron chi connectivity index (χ0n) is 8.08. The van der Waals surface area contributed by atoms with E-state index in [9.17, 15) is 4.79 Å². The first kappa shape index (κ1) is 11.2. The molecule has 0 aromatic rings. The lowest BCUT2D eigenvalue weighted by Crippen LogP contribution is -2.10. The van der Waals surface area contributed by atoms with Crippen LogP contribution in [0.5, 0.6) is 0 Å². The fourth-order valence-corrected chi connectivity index (χ4v) is 1.00. The molecule has 70 valence electrons. The molecule has 12 heavy (non-hydrogen) atoms. The van der Waals surface area contributed by atoms with Gasteiger partial charge in [-0.25, -0.2) is 0 Å². The highest BCUT2D eigenvalue weighted by molar-refractivity contribution is 5.67. The van der Waals surface area contributed by atoms with Gasteiger partial charge in [-0.2, -0.15) is 0 Å². The highest BCUT2D eigenvalue weighted by Gasteiger charge is 2.12. The molecule has 0 aliphatic rings. The van der Waals surface area contributed by atoms with E-state index in [1.54, 1.807) is 0 Å². The molecular formula is C10H18O2. The van der Waals surface area contributed by atoms with Crippen LogP contribution < -0.4 is 0 Å². The van der Waals surface area contributed by atoms with Crippen molar-refractivity contribution in [1.29, 1.82) is 0 Å². The largest absolute Gasteiger partial charge is 0.481 e. The lowest BCUT2D eigenvalue weighted by molar-refractivity contribution is -0.138. The van der Waals surface area contributed by atoms with Crippen molar-refractivity contribution < 1.29 is 9.90 Å². The van der Waals surface area contributed by atoms with Gasteiger partial charge < -0.3 is 5.11 Å². The van der Waals surface area contributed by atoms with Crippen LogP contribution in [-0.4, -0.2) is 11.1 Å². The average Bonchev–Trinajstić information content (AvgIpc) is 1.98. The van der Waals surface area contributed by atoms with Gasteiger partial charge in [-0.1, -0.05) is 32.9 Å². The predicted molar refractivity (Wildman–Crippen MR) is 50.0 cm³/mol. The topological polar surface area (TPSA) is 37.3 Å². The first-order chi connectivity index (χ1) is 5.57. The molecule has 0 radical (unpaired) electrons. The van der Waals surface area contributed by atoms with Gasteiger partial charge in [0.2, 0.25) is 0 Å². The number of carbonyl (C=O) groups is 1. The summed E-state index contributed by atoms with van der Waals surface area (Å²) in [7, 11) is 0. The van der Waals surface area contributed by atoms with E-state index in [1.165, 1.54) is 0 Å². The lowest BCUT2D eigenvalue weighted by atomic mass is 9.92. The molecule has 0 aliphatic carbocycles. The standard InChI is InChI=1S/C10H18O2/c1-4-5-6-8(2)9(3)7-10(11)12/h5-6,8-9H,4,7H2,1-3H3,(H,11,12). The van der Waals surface area contributed by atoms with Crippen LogP contribution in [0, 0.1) is 11.8 Å². The summed E-state index contributed by atoms with van der Waals surface area (Å²) in [6, 6.07) is 0. The van der Waals surface area contributed by atoms with Gasteiger partial charge >= 0.3 is 5.97 Å². The minimum absolute atomic E-state index is 0.227. The maximum Gasteiger partial charge on any atom is 0.303 e. The molecule has 0 spiro atoms. The van der Waals surface area contributed by atoms with Crippen LogP contribution in [0.15, 0.2) is 12.2 Å². The summed E-state index contributed by atoms with van der Waals surface area (Å²) in [5.74, 6) is -0.120. The van der Waals surface area contributed by atoms with E-state index < -0.39 is 5.97 Å². The van der Waals surface area contributed by atoms with Crippen molar-refractivity contribution in [1.82, 2.24) is 0 Å². The van der Waals surface area contributed by atoms with Crippen LogP contribution in [0.2, 0.25) is 0 Å². The summed E-state index contributed by atoms with van der Waals surface area (Å²) < 4.78 is 0. The van der Waals surface area contributed by atoms with Crippen molar-refractivity contribution in [3.8, 4) is 0 Å². The van der Waals surface area contributed by atoms with Gasteiger partial charge in [-0.3, -0.25) is 4.79 Å². The zero-order valence-corrected chi connectivity index (χ0v) is 8.08. The van der Waals surface area contributed by atoms with Gasteiger partial charge in [0.25, 0.3) is 0 Å². The molecule has 0 bridgehead atoms. The van der Waals surface area contributed by atoms with Gasteiger partial charge in [-0.15, -0.1) is 0 Å². The summed E-state index contributed by atoms with van der Waals surface area (Å²) in [4.78, 5) is 10.4. The lowest BCUT2D eigenvalue weighted by Gasteiger charge is -2.13. The van der Waals surface area contributed by atoms with Gasteiger partial charge in [0, 0.05) is 6.42 Å². The summed E-state index contributed by atoms with van der Waals surface area (Å²) in [6.45, 7) is 6.10. The molecule has 0 fully saturated rings. The summed E-state index contributed by atoms with van der Waals surface area (Å²) >= 11 is 0. The Labute approximate surface area is 74.3 Å². The van der Waals surface area contributed by atoms with Gasteiger partial charge in [0.05, 0.1) is 0 Å². The molecular weight excluding hydrogens is 152 g/mol. The Balaban J connectivity index is 3.83. The quantitative estimate of drug-likeness (QED) is 0.644. The molecule has 2 atom stereocenters. The molecule has 1 N–H and O–H groups in total. The molecule has 0 rings (SSSR count). The maximum atomic E-state index is 10.4. The molecule has 0 aliphatic heterocycles. The molecule has 0 aromatic heterocycles. The second-order valence-electron chi connectivity index (χ2n) is 3.27. The normalized spacial score (nSPS) is 16.2. The van der Waals surface area contributed by atoms with Crippen LogP contribution >= 0.6 is 0 Å². The number of carboxylic acids is 1.